The molecule has 6 heteroatoms. The Kier molecular flexibility index (Phi) is 4.07. The molecular weight excluding hydrogens is 241 g/mol. The molecule has 1 aromatic rings. The Morgan fingerprint density at radius 3 is 2.73 bits per heavy atom. The van der Waals surface area contributed by atoms with Crippen LogP contribution in [0.2, 0.25) is 0 Å². The third-order valence-electron chi connectivity index (χ3n) is 1.85. The summed E-state index contributed by atoms with van der Waals surface area (Å²) in [6.07, 6.45) is 0. The second kappa shape index (κ2) is 4.92. The first-order chi connectivity index (χ1) is 6.94. The maximum Gasteiger partial charge on any atom is 0.226 e. The molecule has 0 aliphatic rings. The number of alkyl halides is 1. The molecular formula is C9H11ClFNO2S. The van der Waals surface area contributed by atoms with Crippen LogP contribution in [-0.2, 0) is 10.0 Å². The summed E-state index contributed by atoms with van der Waals surface area (Å²) in [5.74, 6) is -0.399. The molecule has 0 saturated heterocycles. The van der Waals surface area contributed by atoms with Crippen molar-refractivity contribution in [1.29, 1.82) is 0 Å². The number of rotatable bonds is 4. The first-order valence-electron chi connectivity index (χ1n) is 4.26. The van der Waals surface area contributed by atoms with Gasteiger partial charge in [0.25, 0.3) is 0 Å². The van der Waals surface area contributed by atoms with Gasteiger partial charge >= 0.3 is 0 Å². The fraction of sp³-hybridized carbons (Fsp3) is 0.333. The standard InChI is InChI=1S/C9H11ClFNO2S/c1-7(12-15(13,14)6-10)8-3-2-4-9(11)5-8/h2-5,7,12H,6H2,1H3/t7-/m1/s1. The average molecular weight is 252 g/mol. The summed E-state index contributed by atoms with van der Waals surface area (Å²) < 4.78 is 37.4. The summed E-state index contributed by atoms with van der Waals surface area (Å²) in [6, 6.07) is 5.25. The monoisotopic (exact) mass is 251 g/mol. The van der Waals surface area contributed by atoms with E-state index in [1.807, 2.05) is 0 Å². The van der Waals surface area contributed by atoms with E-state index < -0.39 is 27.1 Å². The lowest BCUT2D eigenvalue weighted by Gasteiger charge is -2.13. The molecule has 0 amide bonds. The maximum atomic E-state index is 12.8. The van der Waals surface area contributed by atoms with E-state index in [-0.39, 0.29) is 0 Å². The lowest BCUT2D eigenvalue weighted by atomic mass is 10.1. The SMILES string of the molecule is C[C@@H](NS(=O)(=O)CCl)c1cccc(F)c1. The summed E-state index contributed by atoms with van der Waals surface area (Å²) in [5, 5.41) is -0.507. The van der Waals surface area contributed by atoms with Gasteiger partial charge in [-0.05, 0) is 24.6 Å². The average Bonchev–Trinajstić information content (AvgIpc) is 2.17. The van der Waals surface area contributed by atoms with Gasteiger partial charge in [-0.25, -0.2) is 17.5 Å². The van der Waals surface area contributed by atoms with Crippen LogP contribution in [0, 0.1) is 5.82 Å². The van der Waals surface area contributed by atoms with E-state index in [9.17, 15) is 12.8 Å². The number of benzene rings is 1. The molecule has 0 heterocycles. The molecule has 3 nitrogen and oxygen atoms in total. The van der Waals surface area contributed by atoms with Crippen LogP contribution in [0.5, 0.6) is 0 Å². The smallest absolute Gasteiger partial charge is 0.211 e. The molecule has 0 aliphatic carbocycles. The molecule has 0 saturated carbocycles. The van der Waals surface area contributed by atoms with Crippen molar-refractivity contribution in [3.8, 4) is 0 Å². The third-order valence-corrected chi connectivity index (χ3v) is 3.71. The Morgan fingerprint density at radius 1 is 1.53 bits per heavy atom. The van der Waals surface area contributed by atoms with Gasteiger partial charge in [0.2, 0.25) is 10.0 Å². The minimum absolute atomic E-state index is 0.399. The van der Waals surface area contributed by atoms with Crippen molar-refractivity contribution in [2.45, 2.75) is 13.0 Å². The van der Waals surface area contributed by atoms with E-state index in [2.05, 4.69) is 4.72 Å². The van der Waals surface area contributed by atoms with Gasteiger partial charge in [-0.15, -0.1) is 11.6 Å². The van der Waals surface area contributed by atoms with E-state index >= 15 is 0 Å². The normalized spacial score (nSPS) is 13.8. The van der Waals surface area contributed by atoms with Gasteiger partial charge in [-0.1, -0.05) is 12.1 Å². The van der Waals surface area contributed by atoms with Crippen molar-refractivity contribution >= 4 is 21.6 Å². The molecule has 0 unspecified atom stereocenters. The number of hydrogen-bond acceptors (Lipinski definition) is 2. The lowest BCUT2D eigenvalue weighted by Crippen LogP contribution is -2.27. The molecule has 0 spiro atoms. The zero-order valence-corrected chi connectivity index (χ0v) is 9.65. The summed E-state index contributed by atoms with van der Waals surface area (Å²) in [5.41, 5.74) is 0.559. The van der Waals surface area contributed by atoms with Gasteiger partial charge in [0.15, 0.2) is 0 Å². The highest BCUT2D eigenvalue weighted by atomic mass is 35.5. The molecule has 15 heavy (non-hydrogen) atoms. The fourth-order valence-corrected chi connectivity index (χ4v) is 2.07. The zero-order valence-electron chi connectivity index (χ0n) is 8.07. The third kappa shape index (κ3) is 3.77. The van der Waals surface area contributed by atoms with Crippen LogP contribution in [0.3, 0.4) is 0 Å². The molecule has 0 fully saturated rings. The van der Waals surface area contributed by atoms with Crippen LogP contribution >= 0.6 is 11.6 Å². The predicted molar refractivity (Wildman–Crippen MR) is 57.6 cm³/mol. The maximum absolute atomic E-state index is 12.8. The minimum atomic E-state index is -3.49. The van der Waals surface area contributed by atoms with E-state index in [1.165, 1.54) is 18.2 Å². The molecule has 1 aromatic carbocycles. The highest BCUT2D eigenvalue weighted by Gasteiger charge is 2.14. The minimum Gasteiger partial charge on any atom is -0.211 e. The molecule has 0 bridgehead atoms. The number of sulfonamides is 1. The Hall–Kier alpha value is -0.650. The summed E-state index contributed by atoms with van der Waals surface area (Å²) in [6.45, 7) is 1.62. The summed E-state index contributed by atoms with van der Waals surface area (Å²) >= 11 is 5.23. The zero-order chi connectivity index (χ0) is 11.5. The lowest BCUT2D eigenvalue weighted by molar-refractivity contribution is 0.569. The van der Waals surface area contributed by atoms with Gasteiger partial charge in [0, 0.05) is 6.04 Å². The van der Waals surface area contributed by atoms with Crippen LogP contribution in [0.15, 0.2) is 24.3 Å². The number of nitrogens with one attached hydrogen (secondary N) is 1. The van der Waals surface area contributed by atoms with Crippen molar-refractivity contribution in [3.63, 3.8) is 0 Å². The highest BCUT2D eigenvalue weighted by Crippen LogP contribution is 2.14. The molecule has 1 rings (SSSR count). The van der Waals surface area contributed by atoms with Crippen molar-refractivity contribution in [3.05, 3.63) is 35.6 Å². The number of hydrogen-bond donors (Lipinski definition) is 1. The van der Waals surface area contributed by atoms with Gasteiger partial charge < -0.3 is 0 Å². The molecule has 84 valence electrons. The first-order valence-corrected chi connectivity index (χ1v) is 6.45. The molecule has 0 aromatic heterocycles. The molecule has 0 aliphatic heterocycles. The van der Waals surface area contributed by atoms with Gasteiger partial charge in [-0.2, -0.15) is 0 Å². The molecule has 1 atom stereocenters. The number of halogens is 2. The van der Waals surface area contributed by atoms with Crippen molar-refractivity contribution < 1.29 is 12.8 Å². The second-order valence-electron chi connectivity index (χ2n) is 3.12. The van der Waals surface area contributed by atoms with Crippen molar-refractivity contribution in [2.75, 3.05) is 5.21 Å². The van der Waals surface area contributed by atoms with E-state index in [0.29, 0.717) is 5.56 Å². The second-order valence-corrected chi connectivity index (χ2v) is 5.46. The Labute approximate surface area is 93.3 Å². The largest absolute Gasteiger partial charge is 0.226 e. The van der Waals surface area contributed by atoms with Crippen molar-refractivity contribution in [2.24, 2.45) is 0 Å². The van der Waals surface area contributed by atoms with Crippen LogP contribution in [-0.4, -0.2) is 13.6 Å². The van der Waals surface area contributed by atoms with Gasteiger partial charge in [0.05, 0.1) is 0 Å². The van der Waals surface area contributed by atoms with E-state index in [0.717, 1.165) is 0 Å². The first kappa shape index (κ1) is 12.4. The molecule has 0 radical (unpaired) electrons. The summed E-state index contributed by atoms with van der Waals surface area (Å²) in [4.78, 5) is 0. The molecule has 1 N–H and O–H groups in total. The predicted octanol–water partition coefficient (Wildman–Crippen LogP) is 2.00. The highest BCUT2D eigenvalue weighted by molar-refractivity contribution is 7.90. The topological polar surface area (TPSA) is 46.2 Å². The van der Waals surface area contributed by atoms with Crippen LogP contribution in [0.25, 0.3) is 0 Å². The van der Waals surface area contributed by atoms with E-state index in [4.69, 9.17) is 11.6 Å². The van der Waals surface area contributed by atoms with Crippen LogP contribution in [0.1, 0.15) is 18.5 Å². The Balaban J connectivity index is 2.82. The van der Waals surface area contributed by atoms with Crippen LogP contribution < -0.4 is 4.72 Å². The van der Waals surface area contributed by atoms with E-state index in [1.54, 1.807) is 13.0 Å². The quantitative estimate of drug-likeness (QED) is 0.832. The Morgan fingerprint density at radius 2 is 2.20 bits per heavy atom. The van der Waals surface area contributed by atoms with Gasteiger partial charge in [-0.3, -0.25) is 0 Å². The van der Waals surface area contributed by atoms with Crippen LogP contribution in [0.4, 0.5) is 4.39 Å². The van der Waals surface area contributed by atoms with Gasteiger partial charge in [0.1, 0.15) is 11.0 Å². The Bertz CT molecular complexity index is 435. The fourth-order valence-electron chi connectivity index (χ4n) is 1.14. The van der Waals surface area contributed by atoms with Crippen molar-refractivity contribution in [1.82, 2.24) is 4.72 Å². The summed E-state index contributed by atoms with van der Waals surface area (Å²) in [7, 11) is -3.49.